The molecule has 6 heteroatoms. The van der Waals surface area contributed by atoms with E-state index in [1.54, 1.807) is 24.3 Å². The van der Waals surface area contributed by atoms with Gasteiger partial charge in [-0.1, -0.05) is 73.5 Å². The summed E-state index contributed by atoms with van der Waals surface area (Å²) in [5.74, 6) is -0.672. The summed E-state index contributed by atoms with van der Waals surface area (Å²) >= 11 is 0. The number of phenolic OH excluding ortho intramolecular Hbond substituents is 1. The zero-order valence-corrected chi connectivity index (χ0v) is 20.9. The number of para-hydroxylation sites is 1. The minimum absolute atomic E-state index is 0.0226. The third-order valence-electron chi connectivity index (χ3n) is 8.27. The topological polar surface area (TPSA) is 83.8 Å². The van der Waals surface area contributed by atoms with Gasteiger partial charge < -0.3 is 14.8 Å². The highest BCUT2D eigenvalue weighted by atomic mass is 16.5. The number of Topliss-reactive ketones (excluding diaryl/α,β-unsaturated/α-hetero) is 2. The van der Waals surface area contributed by atoms with Crippen LogP contribution in [-0.2, 0) is 4.65 Å². The molecule has 36 heavy (non-hydrogen) atoms. The Labute approximate surface area is 213 Å². The van der Waals surface area contributed by atoms with Gasteiger partial charge in [-0.25, -0.2) is 0 Å². The van der Waals surface area contributed by atoms with Crippen molar-refractivity contribution in [3.8, 4) is 5.75 Å². The normalized spacial score (nSPS) is 26.0. The predicted octanol–water partition coefficient (Wildman–Crippen LogP) is 5.88. The van der Waals surface area contributed by atoms with Crippen LogP contribution in [0.15, 0.2) is 65.3 Å². The Kier molecular flexibility index (Phi) is 7.00. The molecule has 186 valence electrons. The number of rotatable bonds is 6. The number of aromatic hydroxyl groups is 1. The number of hydrogen-bond acceptors (Lipinski definition) is 5. The minimum Gasteiger partial charge on any atom is -0.507 e. The molecule has 1 heterocycles. The van der Waals surface area contributed by atoms with Crippen molar-refractivity contribution >= 4 is 24.8 Å². The molecule has 2 aliphatic carbocycles. The van der Waals surface area contributed by atoms with Crippen LogP contribution in [0.3, 0.4) is 0 Å². The minimum atomic E-state index is -0.965. The molecule has 0 spiro atoms. The summed E-state index contributed by atoms with van der Waals surface area (Å²) in [5.41, 5.74) is 5.34. The van der Waals surface area contributed by atoms with Crippen molar-refractivity contribution < 1.29 is 24.4 Å². The van der Waals surface area contributed by atoms with E-state index in [-0.39, 0.29) is 35.3 Å². The third kappa shape index (κ3) is 4.37. The fourth-order valence-electron chi connectivity index (χ4n) is 6.50. The van der Waals surface area contributed by atoms with Crippen LogP contribution < -0.4 is 0 Å². The van der Waals surface area contributed by atoms with Gasteiger partial charge in [0, 0.05) is 28.5 Å². The van der Waals surface area contributed by atoms with E-state index in [1.807, 2.05) is 30.3 Å². The highest BCUT2D eigenvalue weighted by molar-refractivity contribution is 6.43. The van der Waals surface area contributed by atoms with Crippen molar-refractivity contribution in [1.29, 1.82) is 0 Å². The van der Waals surface area contributed by atoms with Crippen LogP contribution in [0.2, 0.25) is 6.32 Å². The summed E-state index contributed by atoms with van der Waals surface area (Å²) in [6, 6.07) is 14.4. The molecule has 5 nitrogen and oxygen atoms in total. The molecule has 2 aromatic rings. The quantitative estimate of drug-likeness (QED) is 0.395. The lowest BCUT2D eigenvalue weighted by Crippen LogP contribution is -2.50. The number of carbonyl (C=O) groups is 2. The first-order chi connectivity index (χ1) is 17.4. The van der Waals surface area contributed by atoms with Crippen LogP contribution in [0.5, 0.6) is 5.75 Å². The second-order valence-electron chi connectivity index (χ2n) is 10.2. The van der Waals surface area contributed by atoms with Crippen LogP contribution in [-0.4, -0.2) is 34.9 Å². The van der Waals surface area contributed by atoms with Crippen molar-refractivity contribution in [3.05, 3.63) is 81.9 Å². The van der Waals surface area contributed by atoms with E-state index < -0.39 is 13.0 Å². The molecular formula is C30H33BO5. The fraction of sp³-hybridized carbons (Fsp3) is 0.400. The Morgan fingerprint density at radius 1 is 1.03 bits per heavy atom. The maximum Gasteiger partial charge on any atom is 0.455 e. The lowest BCUT2D eigenvalue weighted by Gasteiger charge is -2.47. The van der Waals surface area contributed by atoms with Crippen molar-refractivity contribution in [2.45, 2.75) is 58.4 Å². The van der Waals surface area contributed by atoms with Gasteiger partial charge in [-0.05, 0) is 56.0 Å². The average molecular weight is 484 g/mol. The van der Waals surface area contributed by atoms with Gasteiger partial charge >= 0.3 is 7.12 Å². The number of fused-ring (bicyclic) bond motifs is 4. The maximum atomic E-state index is 13.7. The van der Waals surface area contributed by atoms with Crippen molar-refractivity contribution in [2.75, 3.05) is 0 Å². The molecule has 1 fully saturated rings. The Morgan fingerprint density at radius 2 is 1.72 bits per heavy atom. The van der Waals surface area contributed by atoms with Gasteiger partial charge in [0.2, 0.25) is 0 Å². The third-order valence-corrected chi connectivity index (χ3v) is 8.27. The second-order valence-corrected chi connectivity index (χ2v) is 10.2. The van der Waals surface area contributed by atoms with E-state index in [4.69, 9.17) is 4.65 Å². The molecule has 0 bridgehead atoms. The van der Waals surface area contributed by atoms with Gasteiger partial charge in [-0.15, -0.1) is 0 Å². The van der Waals surface area contributed by atoms with E-state index in [1.165, 1.54) is 11.1 Å². The molecule has 0 saturated carbocycles. The Morgan fingerprint density at radius 3 is 2.42 bits per heavy atom. The van der Waals surface area contributed by atoms with Crippen LogP contribution in [0.4, 0.5) is 0 Å². The molecule has 1 saturated heterocycles. The molecule has 2 N–H and O–H groups in total. The first-order valence-electron chi connectivity index (χ1n) is 13.1. The Bertz CT molecular complexity index is 1250. The number of phenols is 1. The number of carbonyl (C=O) groups excluding carboxylic acids is 2. The zero-order valence-electron chi connectivity index (χ0n) is 20.9. The summed E-state index contributed by atoms with van der Waals surface area (Å²) in [5, 5.41) is 20.9. The number of hydrogen-bond donors (Lipinski definition) is 2. The lowest BCUT2D eigenvalue weighted by molar-refractivity contribution is 0.0599. The Balaban J connectivity index is 1.46. The van der Waals surface area contributed by atoms with Gasteiger partial charge in [0.15, 0.2) is 11.6 Å². The molecule has 0 unspecified atom stereocenters. The van der Waals surface area contributed by atoms with Crippen molar-refractivity contribution in [3.63, 3.8) is 0 Å². The average Bonchev–Trinajstić information content (AvgIpc) is 2.89. The van der Waals surface area contributed by atoms with Crippen LogP contribution >= 0.6 is 0 Å². The molecule has 0 amide bonds. The SMILES string of the molecule is CCC1=C2[C@@H](CC/C(=C/c3ccccc3O)CC)OB(O)C[C@@H]2[C@@H]2C(=O)c3ccccc3C(=O)[C@@H]2C1. The zero-order chi connectivity index (χ0) is 25.4. The molecule has 3 aliphatic rings. The molecule has 0 radical (unpaired) electrons. The van der Waals surface area contributed by atoms with Crippen LogP contribution in [0.1, 0.15) is 72.2 Å². The summed E-state index contributed by atoms with van der Waals surface area (Å²) in [6.07, 6.45) is 5.70. The summed E-state index contributed by atoms with van der Waals surface area (Å²) < 4.78 is 6.09. The summed E-state index contributed by atoms with van der Waals surface area (Å²) in [7, 11) is -0.965. The van der Waals surface area contributed by atoms with Gasteiger partial charge in [0.25, 0.3) is 0 Å². The lowest BCUT2D eigenvalue weighted by atomic mass is 9.54. The van der Waals surface area contributed by atoms with E-state index >= 15 is 0 Å². The molecule has 1 aliphatic heterocycles. The fourth-order valence-corrected chi connectivity index (χ4v) is 6.50. The number of ketones is 2. The summed E-state index contributed by atoms with van der Waals surface area (Å²) in [4.78, 5) is 27.1. The first kappa shape index (κ1) is 24.7. The highest BCUT2D eigenvalue weighted by Gasteiger charge is 2.53. The molecular weight excluding hydrogens is 451 g/mol. The highest BCUT2D eigenvalue weighted by Crippen LogP contribution is 2.51. The predicted molar refractivity (Wildman–Crippen MR) is 141 cm³/mol. The monoisotopic (exact) mass is 484 g/mol. The smallest absolute Gasteiger partial charge is 0.455 e. The molecule has 4 atom stereocenters. The molecule has 5 rings (SSSR count). The number of allylic oxidation sites excluding steroid dienone is 2. The van der Waals surface area contributed by atoms with Crippen molar-refractivity contribution in [1.82, 2.24) is 0 Å². The molecule has 0 aromatic heterocycles. The van der Waals surface area contributed by atoms with Gasteiger partial charge in [-0.2, -0.15) is 0 Å². The van der Waals surface area contributed by atoms with E-state index in [0.717, 1.165) is 30.4 Å². The van der Waals surface area contributed by atoms with Gasteiger partial charge in [-0.3, -0.25) is 9.59 Å². The Hall–Kier alpha value is -2.96. The number of benzene rings is 2. The van der Waals surface area contributed by atoms with Crippen LogP contribution in [0.25, 0.3) is 6.08 Å². The van der Waals surface area contributed by atoms with Gasteiger partial charge in [0.05, 0.1) is 6.10 Å². The van der Waals surface area contributed by atoms with E-state index in [9.17, 15) is 19.7 Å². The van der Waals surface area contributed by atoms with Gasteiger partial charge in [0.1, 0.15) is 5.75 Å². The first-order valence-corrected chi connectivity index (χ1v) is 13.1. The second kappa shape index (κ2) is 10.2. The summed E-state index contributed by atoms with van der Waals surface area (Å²) in [6.45, 7) is 4.19. The van der Waals surface area contributed by atoms with Crippen LogP contribution in [0, 0.1) is 17.8 Å². The maximum absolute atomic E-state index is 13.7. The molecule has 2 aromatic carbocycles. The van der Waals surface area contributed by atoms with E-state index in [2.05, 4.69) is 13.8 Å². The largest absolute Gasteiger partial charge is 0.507 e. The standard InChI is InChI=1S/C30H33BO5/c1-3-18(15-20-9-5-8-12-25(20)32)13-14-26-27-19(4-2)16-23-28(24(27)17-31(35)36-26)30(34)22-11-7-6-10-21(22)29(23)33/h5-12,15,23-24,26,28,32,35H,3-4,13-14,16-17H2,1-2H3/b18-15+/t23-,24+,26-,28-/m1/s1. The van der Waals surface area contributed by atoms with E-state index in [0.29, 0.717) is 30.3 Å². The van der Waals surface area contributed by atoms with Crippen molar-refractivity contribution in [2.24, 2.45) is 17.8 Å².